The van der Waals surface area contributed by atoms with Gasteiger partial charge in [0, 0.05) is 5.56 Å². The molecule has 1 saturated carbocycles. The van der Waals surface area contributed by atoms with Crippen LogP contribution in [0.3, 0.4) is 0 Å². The van der Waals surface area contributed by atoms with Crippen molar-refractivity contribution in [3.63, 3.8) is 0 Å². The van der Waals surface area contributed by atoms with Crippen LogP contribution in [0.25, 0.3) is 0 Å². The Bertz CT molecular complexity index is 442. The van der Waals surface area contributed by atoms with Crippen molar-refractivity contribution in [1.29, 1.82) is 0 Å². The zero-order valence-electron chi connectivity index (χ0n) is 11.5. The number of aliphatic hydroxyl groups is 1. The molecule has 0 spiro atoms. The number of aliphatic hydroxyl groups excluding tert-OH is 1. The number of halogens is 2. The molecule has 0 saturated heterocycles. The van der Waals surface area contributed by atoms with Crippen LogP contribution in [0.4, 0.5) is 0 Å². The van der Waals surface area contributed by atoms with E-state index in [1.165, 1.54) is 6.42 Å². The lowest BCUT2D eigenvalue weighted by Gasteiger charge is -2.46. The van der Waals surface area contributed by atoms with Gasteiger partial charge in [-0.1, -0.05) is 54.6 Å². The summed E-state index contributed by atoms with van der Waals surface area (Å²) in [5.74, 6) is 0. The highest BCUT2D eigenvalue weighted by Gasteiger charge is 2.42. The van der Waals surface area contributed by atoms with Crippen LogP contribution in [0.1, 0.15) is 43.8 Å². The molecule has 1 N–H and O–H groups in total. The molecule has 0 aromatic heterocycles. The summed E-state index contributed by atoms with van der Waals surface area (Å²) in [4.78, 5) is 2.15. The van der Waals surface area contributed by atoms with Crippen molar-refractivity contribution in [2.45, 2.75) is 43.7 Å². The Morgan fingerprint density at radius 1 is 1.16 bits per heavy atom. The Kier molecular flexibility index (Phi) is 4.78. The maximum atomic E-state index is 10.9. The van der Waals surface area contributed by atoms with E-state index in [1.54, 1.807) is 6.07 Å². The van der Waals surface area contributed by atoms with Crippen molar-refractivity contribution in [2.75, 3.05) is 14.1 Å². The van der Waals surface area contributed by atoms with Crippen molar-refractivity contribution < 1.29 is 5.11 Å². The minimum atomic E-state index is -0.603. The molecule has 1 aromatic rings. The first kappa shape index (κ1) is 15.1. The number of benzene rings is 1. The molecule has 0 heterocycles. The predicted molar refractivity (Wildman–Crippen MR) is 80.9 cm³/mol. The molecule has 1 fully saturated rings. The van der Waals surface area contributed by atoms with Crippen molar-refractivity contribution in [3.05, 3.63) is 33.8 Å². The smallest absolute Gasteiger partial charge is 0.0988 e. The first-order valence-electron chi connectivity index (χ1n) is 6.78. The lowest BCUT2D eigenvalue weighted by Crippen LogP contribution is -2.50. The Labute approximate surface area is 125 Å². The first-order valence-corrected chi connectivity index (χ1v) is 7.54. The molecular weight excluding hydrogens is 281 g/mol. The predicted octanol–water partition coefficient (Wildman–Crippen LogP) is 4.29. The molecule has 2 rings (SSSR count). The molecular formula is C15H21Cl2NO. The van der Waals surface area contributed by atoms with Crippen molar-refractivity contribution in [1.82, 2.24) is 4.90 Å². The molecule has 0 aliphatic heterocycles. The van der Waals surface area contributed by atoms with E-state index in [-0.39, 0.29) is 5.54 Å². The summed E-state index contributed by atoms with van der Waals surface area (Å²) in [6, 6.07) is 5.47. The van der Waals surface area contributed by atoms with E-state index < -0.39 is 6.10 Å². The van der Waals surface area contributed by atoms with Crippen LogP contribution in [0.2, 0.25) is 10.0 Å². The summed E-state index contributed by atoms with van der Waals surface area (Å²) in [6.45, 7) is 0. The molecule has 19 heavy (non-hydrogen) atoms. The molecule has 1 unspecified atom stereocenters. The third-order valence-electron chi connectivity index (χ3n) is 4.40. The highest BCUT2D eigenvalue weighted by molar-refractivity contribution is 6.42. The Morgan fingerprint density at radius 2 is 1.79 bits per heavy atom. The zero-order valence-corrected chi connectivity index (χ0v) is 13.0. The SMILES string of the molecule is CN(C)C1(C(O)c2cccc(Cl)c2Cl)CCCCC1. The summed E-state index contributed by atoms with van der Waals surface area (Å²) in [5, 5.41) is 11.9. The molecule has 1 atom stereocenters. The summed E-state index contributed by atoms with van der Waals surface area (Å²) in [7, 11) is 4.07. The quantitative estimate of drug-likeness (QED) is 0.900. The zero-order chi connectivity index (χ0) is 14.0. The molecule has 4 heteroatoms. The Morgan fingerprint density at radius 3 is 2.37 bits per heavy atom. The third kappa shape index (κ3) is 2.78. The van der Waals surface area contributed by atoms with E-state index in [1.807, 2.05) is 26.2 Å². The highest BCUT2D eigenvalue weighted by Crippen LogP contribution is 2.44. The highest BCUT2D eigenvalue weighted by atomic mass is 35.5. The van der Waals surface area contributed by atoms with Crippen LogP contribution < -0.4 is 0 Å². The second kappa shape index (κ2) is 6.01. The molecule has 0 radical (unpaired) electrons. The monoisotopic (exact) mass is 301 g/mol. The van der Waals surface area contributed by atoms with Gasteiger partial charge in [-0.15, -0.1) is 0 Å². The van der Waals surface area contributed by atoms with E-state index in [4.69, 9.17) is 23.2 Å². The van der Waals surface area contributed by atoms with Gasteiger partial charge in [-0.25, -0.2) is 0 Å². The summed E-state index contributed by atoms with van der Waals surface area (Å²) < 4.78 is 0. The maximum Gasteiger partial charge on any atom is 0.0988 e. The van der Waals surface area contributed by atoms with Crippen LogP contribution in [-0.2, 0) is 0 Å². The molecule has 2 nitrogen and oxygen atoms in total. The maximum absolute atomic E-state index is 10.9. The van der Waals surface area contributed by atoms with Crippen molar-refractivity contribution in [3.8, 4) is 0 Å². The molecule has 0 amide bonds. The average molecular weight is 302 g/mol. The number of rotatable bonds is 3. The fourth-order valence-corrected chi connectivity index (χ4v) is 3.56. The Balaban J connectivity index is 2.39. The average Bonchev–Trinajstić information content (AvgIpc) is 2.41. The fourth-order valence-electron chi connectivity index (χ4n) is 3.15. The lowest BCUT2D eigenvalue weighted by atomic mass is 9.74. The van der Waals surface area contributed by atoms with Gasteiger partial charge in [0.1, 0.15) is 0 Å². The van der Waals surface area contributed by atoms with Crippen LogP contribution in [0.15, 0.2) is 18.2 Å². The van der Waals surface area contributed by atoms with Crippen molar-refractivity contribution >= 4 is 23.2 Å². The first-order chi connectivity index (χ1) is 8.99. The van der Waals surface area contributed by atoms with E-state index >= 15 is 0 Å². The number of hydrogen-bond acceptors (Lipinski definition) is 2. The standard InChI is InChI=1S/C15H21Cl2NO/c1-18(2)15(9-4-3-5-10-15)14(19)11-7-6-8-12(16)13(11)17/h6-8,14,19H,3-5,9-10H2,1-2H3. The summed E-state index contributed by atoms with van der Waals surface area (Å²) in [5.41, 5.74) is 0.511. The number of nitrogens with zero attached hydrogens (tertiary/aromatic N) is 1. The molecule has 1 aliphatic rings. The van der Waals surface area contributed by atoms with Gasteiger partial charge in [0.25, 0.3) is 0 Å². The van der Waals surface area contributed by atoms with Gasteiger partial charge in [-0.05, 0) is 33.0 Å². The van der Waals surface area contributed by atoms with Gasteiger partial charge in [-0.2, -0.15) is 0 Å². The molecule has 0 bridgehead atoms. The van der Waals surface area contributed by atoms with Crippen LogP contribution in [0, 0.1) is 0 Å². The van der Waals surface area contributed by atoms with Crippen LogP contribution >= 0.6 is 23.2 Å². The molecule has 1 aliphatic carbocycles. The fraction of sp³-hybridized carbons (Fsp3) is 0.600. The van der Waals surface area contributed by atoms with Gasteiger partial charge < -0.3 is 10.0 Å². The number of likely N-dealkylation sites (N-methyl/N-ethyl adjacent to an activating group) is 1. The summed E-state index contributed by atoms with van der Waals surface area (Å²) >= 11 is 12.3. The molecule has 1 aromatic carbocycles. The van der Waals surface area contributed by atoms with Gasteiger partial charge in [0.05, 0.1) is 21.7 Å². The van der Waals surface area contributed by atoms with Gasteiger partial charge >= 0.3 is 0 Å². The normalized spacial score (nSPS) is 20.5. The lowest BCUT2D eigenvalue weighted by molar-refractivity contribution is -0.0335. The second-order valence-electron chi connectivity index (χ2n) is 5.60. The minimum absolute atomic E-state index is 0.230. The largest absolute Gasteiger partial charge is 0.386 e. The molecule has 106 valence electrons. The van der Waals surface area contributed by atoms with E-state index in [2.05, 4.69) is 4.90 Å². The van der Waals surface area contributed by atoms with Gasteiger partial charge in [-0.3, -0.25) is 0 Å². The third-order valence-corrected chi connectivity index (χ3v) is 5.23. The Hall–Kier alpha value is -0.280. The van der Waals surface area contributed by atoms with Crippen molar-refractivity contribution in [2.24, 2.45) is 0 Å². The topological polar surface area (TPSA) is 23.5 Å². The van der Waals surface area contributed by atoms with E-state index in [9.17, 15) is 5.11 Å². The second-order valence-corrected chi connectivity index (χ2v) is 6.39. The minimum Gasteiger partial charge on any atom is -0.386 e. The van der Waals surface area contributed by atoms with E-state index in [0.29, 0.717) is 10.0 Å². The van der Waals surface area contributed by atoms with Gasteiger partial charge in [0.15, 0.2) is 0 Å². The van der Waals surface area contributed by atoms with Gasteiger partial charge in [0.2, 0.25) is 0 Å². The summed E-state index contributed by atoms with van der Waals surface area (Å²) in [6.07, 6.45) is 4.91. The van der Waals surface area contributed by atoms with Crippen LogP contribution in [-0.4, -0.2) is 29.6 Å². The van der Waals surface area contributed by atoms with E-state index in [0.717, 1.165) is 31.2 Å². The number of hydrogen-bond donors (Lipinski definition) is 1. The van der Waals surface area contributed by atoms with Crippen LogP contribution in [0.5, 0.6) is 0 Å².